The van der Waals surface area contributed by atoms with Crippen LogP contribution < -0.4 is 15.0 Å². The van der Waals surface area contributed by atoms with Gasteiger partial charge in [-0.25, -0.2) is 4.98 Å². The fourth-order valence-corrected chi connectivity index (χ4v) is 3.52. The summed E-state index contributed by atoms with van der Waals surface area (Å²) in [5.41, 5.74) is 0.862. The summed E-state index contributed by atoms with van der Waals surface area (Å²) in [5, 5.41) is 5.06. The Bertz CT molecular complexity index is 690. The summed E-state index contributed by atoms with van der Waals surface area (Å²) in [5.74, 6) is 1.27. The lowest BCUT2D eigenvalue weighted by Gasteiger charge is -2.32. The molecule has 0 bridgehead atoms. The molecule has 1 saturated heterocycles. The number of hydrogen-bond acceptors (Lipinski definition) is 6. The topological polar surface area (TPSA) is 67.3 Å². The van der Waals surface area contributed by atoms with Crippen LogP contribution in [0, 0.1) is 12.8 Å². The third-order valence-corrected chi connectivity index (χ3v) is 5.00. The van der Waals surface area contributed by atoms with E-state index < -0.39 is 0 Å². The second-order valence-corrected chi connectivity index (χ2v) is 6.97. The lowest BCUT2D eigenvalue weighted by molar-refractivity contribution is -0.125. The number of nitrogens with one attached hydrogen (secondary N) is 1. The highest BCUT2D eigenvalue weighted by Gasteiger charge is 2.27. The zero-order chi connectivity index (χ0) is 16.9. The monoisotopic (exact) mass is 346 g/mol. The van der Waals surface area contributed by atoms with Crippen molar-refractivity contribution in [3.05, 3.63) is 34.2 Å². The van der Waals surface area contributed by atoms with Crippen LogP contribution >= 0.6 is 11.3 Å². The van der Waals surface area contributed by atoms with Gasteiger partial charge in [0.1, 0.15) is 0 Å². The summed E-state index contributed by atoms with van der Waals surface area (Å²) < 4.78 is 5.22. The van der Waals surface area contributed by atoms with Gasteiger partial charge in [0.05, 0.1) is 19.6 Å². The average molecular weight is 346 g/mol. The van der Waals surface area contributed by atoms with E-state index in [1.54, 1.807) is 24.5 Å². The van der Waals surface area contributed by atoms with Crippen LogP contribution in [0.4, 0.5) is 5.95 Å². The number of hydrogen-bond donors (Lipinski definition) is 1. The minimum atomic E-state index is -0.0335. The number of aromatic nitrogens is 2. The number of nitrogens with zero attached hydrogens (tertiary/aromatic N) is 3. The van der Waals surface area contributed by atoms with Gasteiger partial charge >= 0.3 is 0 Å². The fourth-order valence-electron chi connectivity index (χ4n) is 2.88. The van der Waals surface area contributed by atoms with Crippen molar-refractivity contribution in [1.82, 2.24) is 15.3 Å². The van der Waals surface area contributed by atoms with Gasteiger partial charge in [-0.05, 0) is 31.2 Å². The molecule has 0 saturated carbocycles. The lowest BCUT2D eigenvalue weighted by atomic mass is 9.97. The fraction of sp³-hybridized carbons (Fsp3) is 0.471. The van der Waals surface area contributed by atoms with Crippen molar-refractivity contribution in [1.29, 1.82) is 0 Å². The molecule has 1 aliphatic rings. The van der Waals surface area contributed by atoms with Gasteiger partial charge in [0.2, 0.25) is 17.7 Å². The Labute approximate surface area is 145 Å². The van der Waals surface area contributed by atoms with Crippen molar-refractivity contribution in [3.8, 4) is 5.88 Å². The molecule has 1 atom stereocenters. The first-order valence-electron chi connectivity index (χ1n) is 8.10. The first kappa shape index (κ1) is 16.7. The number of piperidine rings is 1. The minimum Gasteiger partial charge on any atom is -0.481 e. The normalized spacial score (nSPS) is 17.6. The van der Waals surface area contributed by atoms with Crippen LogP contribution in [0.2, 0.25) is 0 Å². The van der Waals surface area contributed by atoms with Crippen LogP contribution in [0.5, 0.6) is 5.88 Å². The molecule has 1 fully saturated rings. The zero-order valence-corrected chi connectivity index (χ0v) is 14.8. The van der Waals surface area contributed by atoms with E-state index in [9.17, 15) is 4.79 Å². The van der Waals surface area contributed by atoms with E-state index in [0.717, 1.165) is 25.1 Å². The zero-order valence-electron chi connectivity index (χ0n) is 14.0. The quantitative estimate of drug-likeness (QED) is 0.900. The van der Waals surface area contributed by atoms with Crippen LogP contribution in [0.1, 0.15) is 23.4 Å². The number of ether oxygens (including phenoxy) is 1. The predicted octanol–water partition coefficient (Wildman–Crippen LogP) is 2.39. The van der Waals surface area contributed by atoms with Gasteiger partial charge in [0.15, 0.2) is 0 Å². The molecule has 3 heterocycles. The molecule has 2 aromatic rings. The first-order chi connectivity index (χ1) is 11.7. The number of carbonyl (C=O) groups excluding carboxylic acids is 1. The van der Waals surface area contributed by atoms with Crippen molar-refractivity contribution in [2.45, 2.75) is 26.3 Å². The standard InChI is InChI=1S/C17H22N4O2S/c1-12-9-15(23-2)20-17(19-12)21-7-3-5-13(11-21)16(22)18-10-14-6-4-8-24-14/h4,6,8-9,13H,3,5,7,10-11H2,1-2H3,(H,18,22). The Balaban J connectivity index is 1.63. The third kappa shape index (κ3) is 4.03. The molecule has 0 radical (unpaired) electrons. The van der Waals surface area contributed by atoms with Crippen LogP contribution in [0.25, 0.3) is 0 Å². The SMILES string of the molecule is COc1cc(C)nc(N2CCCC(C(=O)NCc3cccs3)C2)n1. The lowest BCUT2D eigenvalue weighted by Crippen LogP contribution is -2.43. The summed E-state index contributed by atoms with van der Waals surface area (Å²) in [4.78, 5) is 24.6. The molecule has 1 aliphatic heterocycles. The van der Waals surface area contributed by atoms with E-state index in [0.29, 0.717) is 24.9 Å². The van der Waals surface area contributed by atoms with Crippen molar-refractivity contribution in [3.63, 3.8) is 0 Å². The third-order valence-electron chi connectivity index (χ3n) is 4.12. The number of amides is 1. The number of aryl methyl sites for hydroxylation is 1. The summed E-state index contributed by atoms with van der Waals surface area (Å²) in [7, 11) is 1.60. The van der Waals surface area contributed by atoms with E-state index in [1.165, 1.54) is 4.88 Å². The molecule has 1 amide bonds. The largest absolute Gasteiger partial charge is 0.481 e. The molecular weight excluding hydrogens is 324 g/mol. The van der Waals surface area contributed by atoms with Gasteiger partial charge in [-0.1, -0.05) is 6.07 Å². The molecule has 7 heteroatoms. The maximum atomic E-state index is 12.5. The van der Waals surface area contributed by atoms with Crippen LogP contribution in [0.15, 0.2) is 23.6 Å². The van der Waals surface area contributed by atoms with E-state index in [4.69, 9.17) is 4.74 Å². The van der Waals surface area contributed by atoms with Crippen molar-refractivity contribution in [2.75, 3.05) is 25.1 Å². The molecule has 1 N–H and O–H groups in total. The molecule has 3 rings (SSSR count). The number of carbonyl (C=O) groups is 1. The van der Waals surface area contributed by atoms with Gasteiger partial charge < -0.3 is 15.0 Å². The summed E-state index contributed by atoms with van der Waals surface area (Å²) in [6.45, 7) is 4.02. The van der Waals surface area contributed by atoms with Crippen molar-refractivity contribution in [2.24, 2.45) is 5.92 Å². The Morgan fingerprint density at radius 3 is 3.12 bits per heavy atom. The number of anilines is 1. The van der Waals surface area contributed by atoms with Gasteiger partial charge in [-0.2, -0.15) is 4.98 Å². The van der Waals surface area contributed by atoms with Gasteiger partial charge in [-0.3, -0.25) is 4.79 Å². The number of thiophene rings is 1. The second-order valence-electron chi connectivity index (χ2n) is 5.93. The highest BCUT2D eigenvalue weighted by Crippen LogP contribution is 2.23. The summed E-state index contributed by atoms with van der Waals surface area (Å²) in [6.07, 6.45) is 1.85. The summed E-state index contributed by atoms with van der Waals surface area (Å²) in [6, 6.07) is 5.83. The minimum absolute atomic E-state index is 0.0335. The van der Waals surface area contributed by atoms with Crippen molar-refractivity contribution < 1.29 is 9.53 Å². The van der Waals surface area contributed by atoms with Gasteiger partial charge in [0, 0.05) is 29.7 Å². The molecule has 6 nitrogen and oxygen atoms in total. The Morgan fingerprint density at radius 1 is 1.50 bits per heavy atom. The van der Waals surface area contributed by atoms with Gasteiger partial charge in [0.25, 0.3) is 0 Å². The maximum Gasteiger partial charge on any atom is 0.228 e. The van der Waals surface area contributed by atoms with E-state index in [1.807, 2.05) is 24.4 Å². The average Bonchev–Trinajstić information content (AvgIpc) is 3.12. The van der Waals surface area contributed by atoms with E-state index in [-0.39, 0.29) is 11.8 Å². The molecule has 0 aromatic carbocycles. The number of methoxy groups -OCH3 is 1. The van der Waals surface area contributed by atoms with Crippen LogP contribution in [-0.4, -0.2) is 36.1 Å². The molecule has 1 unspecified atom stereocenters. The Morgan fingerprint density at radius 2 is 2.38 bits per heavy atom. The Kier molecular flexibility index (Phi) is 5.30. The Hall–Kier alpha value is -2.15. The highest BCUT2D eigenvalue weighted by atomic mass is 32.1. The molecule has 128 valence electrons. The molecule has 0 spiro atoms. The summed E-state index contributed by atoms with van der Waals surface area (Å²) >= 11 is 1.66. The van der Waals surface area contributed by atoms with Crippen LogP contribution in [-0.2, 0) is 11.3 Å². The van der Waals surface area contributed by atoms with Crippen molar-refractivity contribution >= 4 is 23.2 Å². The number of rotatable bonds is 5. The molecular formula is C17H22N4O2S. The molecule has 0 aliphatic carbocycles. The smallest absolute Gasteiger partial charge is 0.228 e. The molecule has 24 heavy (non-hydrogen) atoms. The second kappa shape index (κ2) is 7.61. The van der Waals surface area contributed by atoms with Gasteiger partial charge in [-0.15, -0.1) is 11.3 Å². The molecule has 2 aromatic heterocycles. The maximum absolute atomic E-state index is 12.5. The van der Waals surface area contributed by atoms with E-state index >= 15 is 0 Å². The van der Waals surface area contributed by atoms with Crippen LogP contribution in [0.3, 0.4) is 0 Å². The first-order valence-corrected chi connectivity index (χ1v) is 8.98. The predicted molar refractivity (Wildman–Crippen MR) is 94.4 cm³/mol. The van der Waals surface area contributed by atoms with E-state index in [2.05, 4.69) is 20.2 Å². The highest BCUT2D eigenvalue weighted by molar-refractivity contribution is 7.09.